The molecule has 12 heteroatoms. The first kappa shape index (κ1) is 36.7. The van der Waals surface area contributed by atoms with E-state index in [0.29, 0.717) is 34.8 Å². The molecule has 0 radical (unpaired) electrons. The van der Waals surface area contributed by atoms with E-state index in [4.69, 9.17) is 24.2 Å². The predicted molar refractivity (Wildman–Crippen MR) is 201 cm³/mol. The largest absolute Gasteiger partial charge is 0.481 e. The van der Waals surface area contributed by atoms with Gasteiger partial charge in [-0.2, -0.15) is 0 Å². The highest BCUT2D eigenvalue weighted by atomic mass is 16.5. The smallest absolute Gasteiger partial charge is 0.334 e. The summed E-state index contributed by atoms with van der Waals surface area (Å²) >= 11 is 0. The van der Waals surface area contributed by atoms with Crippen LogP contribution in [0.15, 0.2) is 48.6 Å². The Kier molecular flexibility index (Phi) is 9.83. The first-order valence-electron chi connectivity index (χ1n) is 17.2. The van der Waals surface area contributed by atoms with Gasteiger partial charge >= 0.3 is 23.9 Å². The summed E-state index contributed by atoms with van der Waals surface area (Å²) in [5.41, 5.74) is 9.91. The third kappa shape index (κ3) is 6.28. The number of nitrogens with zero attached hydrogens (tertiary/aromatic N) is 2. The number of hydrogen-bond donors (Lipinski definition) is 3. The quantitative estimate of drug-likeness (QED) is 0.159. The lowest BCUT2D eigenvalue weighted by molar-refractivity contribution is -0.149. The van der Waals surface area contributed by atoms with Crippen molar-refractivity contribution >= 4 is 68.7 Å². The van der Waals surface area contributed by atoms with Crippen LogP contribution in [0, 0.1) is 19.8 Å². The van der Waals surface area contributed by atoms with Gasteiger partial charge in [-0.25, -0.2) is 9.78 Å². The molecule has 3 N–H and O–H groups in total. The van der Waals surface area contributed by atoms with Gasteiger partial charge in [-0.1, -0.05) is 24.8 Å². The number of rotatable bonds is 9. The molecule has 0 unspecified atom stereocenters. The molecule has 0 saturated carbocycles. The third-order valence-electron chi connectivity index (χ3n) is 10.7. The zero-order chi connectivity index (χ0) is 38.4. The van der Waals surface area contributed by atoms with Crippen LogP contribution in [-0.2, 0) is 45.2 Å². The maximum Gasteiger partial charge on any atom is 0.334 e. The molecule has 8 bridgehead atoms. The molecule has 2 aliphatic heterocycles. The number of aromatic nitrogens is 4. The number of hydrogen-bond acceptors (Lipinski definition) is 9. The standard InChI is InChI=1S/C41H42N4O8/c1-9-23-20(2)29-17-34-27-13-10-26(39(49)52-7)38(40(50)53-8)41(27,5)35(45-34)19-30-22(4)24(11-14-36(46)47)32(44-30)18-33-25(12-15-37(48)51-6)21(3)28(43-33)16-31(23)42-29/h9-10,13,16-19,38,42-43H,1,11-12,14-15H2,2-8H3,(H,46,47)/t38-,41+/m0/s1. The SMILES string of the molecule is C=Cc1c(C)c2cc3nc(cc4nc(cc5[nH]c(cc1[nH]2)c(C)c5CCC(=O)OC)C(CCC(=O)O)=C4C)[C@@]1(C)C3=CC=C(C(=O)OC)[C@H]1C(=O)OC. The average molecular weight is 719 g/mol. The number of H-pyrrole nitrogens is 2. The van der Waals surface area contributed by atoms with E-state index >= 15 is 0 Å². The van der Waals surface area contributed by atoms with Crippen LogP contribution in [-0.4, -0.2) is 70.2 Å². The van der Waals surface area contributed by atoms with E-state index in [0.717, 1.165) is 55.5 Å². The first-order valence-corrected chi connectivity index (χ1v) is 17.2. The fraction of sp³-hybridized carbons (Fsp3) is 0.317. The Morgan fingerprint density at radius 2 is 1.53 bits per heavy atom. The number of ether oxygens (including phenoxy) is 3. The number of allylic oxidation sites excluding steroid dienone is 5. The van der Waals surface area contributed by atoms with Crippen LogP contribution in [0.5, 0.6) is 0 Å². The molecule has 0 spiro atoms. The Labute approximate surface area is 306 Å². The second-order valence-electron chi connectivity index (χ2n) is 13.5. The van der Waals surface area contributed by atoms with Crippen LogP contribution < -0.4 is 0 Å². The summed E-state index contributed by atoms with van der Waals surface area (Å²) in [5, 5.41) is 9.67. The molecule has 3 aromatic heterocycles. The van der Waals surface area contributed by atoms with E-state index in [1.165, 1.54) is 21.3 Å². The summed E-state index contributed by atoms with van der Waals surface area (Å²) in [7, 11) is 3.89. The van der Waals surface area contributed by atoms with Gasteiger partial charge in [0.1, 0.15) is 5.92 Å². The fourth-order valence-corrected chi connectivity index (χ4v) is 7.68. The van der Waals surface area contributed by atoms with Crippen LogP contribution in [0.2, 0.25) is 0 Å². The van der Waals surface area contributed by atoms with E-state index in [1.54, 1.807) is 24.3 Å². The minimum absolute atomic E-state index is 0.125. The molecule has 6 rings (SSSR count). The van der Waals surface area contributed by atoms with Gasteiger partial charge in [0, 0.05) is 40.5 Å². The van der Waals surface area contributed by atoms with E-state index in [9.17, 15) is 24.3 Å². The minimum Gasteiger partial charge on any atom is -0.481 e. The second kappa shape index (κ2) is 14.2. The van der Waals surface area contributed by atoms with Crippen molar-refractivity contribution in [3.8, 4) is 0 Å². The van der Waals surface area contributed by atoms with Crippen molar-refractivity contribution in [2.45, 2.75) is 58.8 Å². The molecule has 0 saturated heterocycles. The van der Waals surface area contributed by atoms with Gasteiger partial charge in [-0.15, -0.1) is 0 Å². The minimum atomic E-state index is -1.19. The lowest BCUT2D eigenvalue weighted by Crippen LogP contribution is -2.42. The molecule has 5 heterocycles. The molecule has 274 valence electrons. The number of carboxylic acids is 1. The summed E-state index contributed by atoms with van der Waals surface area (Å²) in [4.78, 5) is 68.1. The highest BCUT2D eigenvalue weighted by Gasteiger charge is 2.53. The molecule has 0 amide bonds. The van der Waals surface area contributed by atoms with Crippen molar-refractivity contribution in [3.63, 3.8) is 0 Å². The molecule has 0 aromatic carbocycles. The summed E-state index contributed by atoms with van der Waals surface area (Å²) in [5.74, 6) is -3.70. The Morgan fingerprint density at radius 1 is 0.830 bits per heavy atom. The van der Waals surface area contributed by atoms with E-state index in [-0.39, 0.29) is 30.8 Å². The molecule has 53 heavy (non-hydrogen) atoms. The summed E-state index contributed by atoms with van der Waals surface area (Å²) < 4.78 is 15.3. The van der Waals surface area contributed by atoms with Crippen LogP contribution in [0.3, 0.4) is 0 Å². The van der Waals surface area contributed by atoms with Gasteiger partial charge in [-0.05, 0) is 98.2 Å². The number of aliphatic carboxylic acids is 1. The number of aromatic amines is 2. The van der Waals surface area contributed by atoms with Gasteiger partial charge in [0.25, 0.3) is 0 Å². The van der Waals surface area contributed by atoms with Gasteiger partial charge in [0.2, 0.25) is 0 Å². The molecule has 0 fully saturated rings. The number of nitrogens with one attached hydrogen (secondary N) is 2. The van der Waals surface area contributed by atoms with Gasteiger partial charge in [-0.3, -0.25) is 19.4 Å². The number of esters is 3. The van der Waals surface area contributed by atoms with Crippen LogP contribution in [0.4, 0.5) is 0 Å². The van der Waals surface area contributed by atoms with Gasteiger partial charge < -0.3 is 29.3 Å². The fourth-order valence-electron chi connectivity index (χ4n) is 7.68. The van der Waals surface area contributed by atoms with Crippen molar-refractivity contribution in [1.29, 1.82) is 0 Å². The maximum atomic E-state index is 13.7. The summed E-state index contributed by atoms with van der Waals surface area (Å²) in [6, 6.07) is 7.59. The van der Waals surface area contributed by atoms with Crippen molar-refractivity contribution in [2.24, 2.45) is 5.92 Å². The second-order valence-corrected chi connectivity index (χ2v) is 13.5. The van der Waals surface area contributed by atoms with E-state index in [1.807, 2.05) is 45.9 Å². The lowest BCUT2D eigenvalue weighted by atomic mass is 9.64. The molecule has 2 atom stereocenters. The molecular weight excluding hydrogens is 676 g/mol. The molecule has 3 aromatic rings. The van der Waals surface area contributed by atoms with Crippen LogP contribution >= 0.6 is 0 Å². The number of aryl methyl sites for hydroxylation is 3. The normalized spacial score (nSPS) is 17.8. The third-order valence-corrected chi connectivity index (χ3v) is 10.7. The molecular formula is C41H42N4O8. The highest BCUT2D eigenvalue weighted by Crippen LogP contribution is 2.52. The molecule has 12 nitrogen and oxygen atoms in total. The zero-order valence-corrected chi connectivity index (χ0v) is 30.9. The maximum absolute atomic E-state index is 13.7. The van der Waals surface area contributed by atoms with Crippen molar-refractivity contribution in [1.82, 2.24) is 19.9 Å². The molecule has 1 aliphatic carbocycles. The topological polar surface area (TPSA) is 174 Å². The van der Waals surface area contributed by atoms with Crippen molar-refractivity contribution < 1.29 is 38.5 Å². The van der Waals surface area contributed by atoms with Gasteiger partial charge in [0.15, 0.2) is 0 Å². The van der Waals surface area contributed by atoms with Crippen LogP contribution in [0.1, 0.15) is 78.1 Å². The Hall–Kier alpha value is -6.04. The predicted octanol–water partition coefficient (Wildman–Crippen LogP) is 6.72. The Morgan fingerprint density at radius 3 is 2.19 bits per heavy atom. The van der Waals surface area contributed by atoms with Gasteiger partial charge in [0.05, 0.1) is 55.1 Å². The number of carboxylic acid groups (broad SMARTS) is 1. The van der Waals surface area contributed by atoms with E-state index in [2.05, 4.69) is 16.5 Å². The van der Waals surface area contributed by atoms with E-state index < -0.39 is 29.2 Å². The Bertz CT molecular complexity index is 2370. The first-order chi connectivity index (χ1) is 25.3. The molecule has 3 aliphatic rings. The summed E-state index contributed by atoms with van der Waals surface area (Å²) in [6.45, 7) is 11.8. The number of carbonyl (C=O) groups is 4. The van der Waals surface area contributed by atoms with Crippen LogP contribution in [0.25, 0.3) is 44.9 Å². The summed E-state index contributed by atoms with van der Waals surface area (Å²) in [6.07, 6.45) is 5.78. The Balaban J connectivity index is 1.77. The number of carbonyl (C=O) groups excluding carboxylic acids is 3. The highest BCUT2D eigenvalue weighted by molar-refractivity contribution is 6.02. The zero-order valence-electron chi connectivity index (χ0n) is 30.9. The number of fused-ring (bicyclic) bond motifs is 11. The van der Waals surface area contributed by atoms with Crippen molar-refractivity contribution in [3.05, 3.63) is 93.6 Å². The lowest BCUT2D eigenvalue weighted by Gasteiger charge is -2.36. The number of methoxy groups -OCH3 is 3. The monoisotopic (exact) mass is 718 g/mol. The van der Waals surface area contributed by atoms with Crippen molar-refractivity contribution in [2.75, 3.05) is 21.3 Å². The average Bonchev–Trinajstić information content (AvgIpc) is 3.79.